The van der Waals surface area contributed by atoms with E-state index in [0.717, 1.165) is 0 Å². The predicted molar refractivity (Wildman–Crippen MR) is 85.4 cm³/mol. The molecule has 7 heteroatoms. The largest absolute Gasteiger partial charge is 0.394 e. The van der Waals surface area contributed by atoms with Crippen LogP contribution in [0.1, 0.15) is 25.5 Å². The molecular formula is C14H20ClFN2O2S. The number of benzene rings is 1. The van der Waals surface area contributed by atoms with Crippen molar-refractivity contribution in [3.05, 3.63) is 34.6 Å². The molecule has 0 aromatic heterocycles. The molecule has 1 aromatic carbocycles. The van der Waals surface area contributed by atoms with Crippen LogP contribution in [0.15, 0.2) is 18.2 Å². The van der Waals surface area contributed by atoms with Crippen LogP contribution in [0.5, 0.6) is 0 Å². The molecule has 0 aliphatic rings. The second-order valence-corrected chi connectivity index (χ2v) is 7.12. The van der Waals surface area contributed by atoms with Crippen LogP contribution in [0, 0.1) is 5.82 Å². The molecule has 2 amide bonds. The summed E-state index contributed by atoms with van der Waals surface area (Å²) < 4.78 is 13.3. The minimum atomic E-state index is -0.686. The van der Waals surface area contributed by atoms with Gasteiger partial charge < -0.3 is 15.7 Å². The lowest BCUT2D eigenvalue weighted by Crippen LogP contribution is -2.44. The van der Waals surface area contributed by atoms with E-state index in [1.54, 1.807) is 17.8 Å². The molecule has 0 heterocycles. The Labute approximate surface area is 133 Å². The maximum Gasteiger partial charge on any atom is 0.315 e. The van der Waals surface area contributed by atoms with Gasteiger partial charge in [0, 0.05) is 11.3 Å². The Morgan fingerprint density at radius 3 is 2.71 bits per heavy atom. The van der Waals surface area contributed by atoms with E-state index in [0.29, 0.717) is 12.1 Å². The van der Waals surface area contributed by atoms with Gasteiger partial charge in [-0.05, 0) is 37.8 Å². The summed E-state index contributed by atoms with van der Waals surface area (Å²) in [7, 11) is 0. The Morgan fingerprint density at radius 1 is 1.52 bits per heavy atom. The summed E-state index contributed by atoms with van der Waals surface area (Å²) >= 11 is 7.25. The molecule has 1 atom stereocenters. The third-order valence-corrected chi connectivity index (χ3v) is 4.62. The lowest BCUT2D eigenvalue weighted by atomic mass is 10.1. The number of carbonyl (C=O) groups excluding carboxylic acids is 1. The van der Waals surface area contributed by atoms with Crippen LogP contribution in [-0.4, -0.2) is 35.3 Å². The van der Waals surface area contributed by atoms with Crippen molar-refractivity contribution in [3.8, 4) is 0 Å². The van der Waals surface area contributed by atoms with Crippen LogP contribution in [0.4, 0.5) is 9.18 Å². The van der Waals surface area contributed by atoms with Gasteiger partial charge in [0.15, 0.2) is 0 Å². The van der Waals surface area contributed by atoms with Crippen molar-refractivity contribution in [2.75, 3.05) is 19.4 Å². The number of thioether (sulfide) groups is 1. The predicted octanol–water partition coefficient (Wildman–Crippen LogP) is 2.95. The van der Waals surface area contributed by atoms with Gasteiger partial charge in [0.1, 0.15) is 5.82 Å². The molecule has 0 aliphatic carbocycles. The summed E-state index contributed by atoms with van der Waals surface area (Å²) in [5.74, 6) is -0.585. The number of aliphatic hydroxyl groups excluding tert-OH is 1. The highest BCUT2D eigenvalue weighted by molar-refractivity contribution is 7.99. The molecule has 3 N–H and O–H groups in total. The van der Waals surface area contributed by atoms with Gasteiger partial charge in [-0.2, -0.15) is 11.8 Å². The van der Waals surface area contributed by atoms with Gasteiger partial charge in [0.25, 0.3) is 0 Å². The van der Waals surface area contributed by atoms with Crippen molar-refractivity contribution in [1.82, 2.24) is 10.6 Å². The highest BCUT2D eigenvalue weighted by Gasteiger charge is 2.19. The first-order chi connectivity index (χ1) is 9.79. The molecule has 0 radical (unpaired) electrons. The summed E-state index contributed by atoms with van der Waals surface area (Å²) in [6.45, 7) is 4.17. The fraction of sp³-hybridized carbons (Fsp3) is 0.500. The summed E-state index contributed by atoms with van der Waals surface area (Å²) in [5.41, 5.74) is 0.457. The normalized spacial score (nSPS) is 12.9. The van der Waals surface area contributed by atoms with Gasteiger partial charge in [-0.15, -0.1) is 0 Å². The minimum absolute atomic E-state index is 0.00149. The SMILES string of the molecule is CSC(C)(C)CNC(=O)NC(CO)c1ccc(Cl)c(F)c1. The van der Waals surface area contributed by atoms with Crippen molar-refractivity contribution in [1.29, 1.82) is 0 Å². The lowest BCUT2D eigenvalue weighted by Gasteiger charge is -2.24. The number of amides is 2. The van der Waals surface area contributed by atoms with Crippen LogP contribution >= 0.6 is 23.4 Å². The Hall–Kier alpha value is -0.980. The molecule has 21 heavy (non-hydrogen) atoms. The zero-order chi connectivity index (χ0) is 16.0. The van der Waals surface area contributed by atoms with Crippen LogP contribution < -0.4 is 10.6 Å². The van der Waals surface area contributed by atoms with Crippen LogP contribution in [0.2, 0.25) is 5.02 Å². The van der Waals surface area contributed by atoms with Crippen LogP contribution in [0.25, 0.3) is 0 Å². The van der Waals surface area contributed by atoms with E-state index in [9.17, 15) is 14.3 Å². The molecule has 1 unspecified atom stereocenters. The first-order valence-corrected chi connectivity index (χ1v) is 8.04. The van der Waals surface area contributed by atoms with Gasteiger partial charge >= 0.3 is 6.03 Å². The molecule has 1 rings (SSSR count). The van der Waals surface area contributed by atoms with Crippen molar-refractivity contribution >= 4 is 29.4 Å². The summed E-state index contributed by atoms with van der Waals surface area (Å²) in [6.07, 6.45) is 1.96. The van der Waals surface area contributed by atoms with Gasteiger partial charge in [0.2, 0.25) is 0 Å². The summed E-state index contributed by atoms with van der Waals surface area (Å²) in [4.78, 5) is 11.8. The second kappa shape index (κ2) is 7.87. The van der Waals surface area contributed by atoms with E-state index in [-0.39, 0.29) is 16.4 Å². The van der Waals surface area contributed by atoms with Crippen molar-refractivity contribution < 1.29 is 14.3 Å². The molecule has 0 saturated heterocycles. The van der Waals surface area contributed by atoms with Gasteiger partial charge in [-0.1, -0.05) is 17.7 Å². The number of halogens is 2. The first kappa shape index (κ1) is 18.1. The highest BCUT2D eigenvalue weighted by atomic mass is 35.5. The lowest BCUT2D eigenvalue weighted by molar-refractivity contribution is 0.216. The Bertz CT molecular complexity index is 500. The molecule has 118 valence electrons. The van der Waals surface area contributed by atoms with Crippen molar-refractivity contribution in [2.24, 2.45) is 0 Å². The summed E-state index contributed by atoms with van der Waals surface area (Å²) in [5, 5.41) is 14.7. The van der Waals surface area contributed by atoms with Gasteiger partial charge in [-0.25, -0.2) is 9.18 Å². The zero-order valence-electron chi connectivity index (χ0n) is 12.2. The molecule has 1 aromatic rings. The smallest absolute Gasteiger partial charge is 0.315 e. The number of rotatable bonds is 6. The van der Waals surface area contributed by atoms with Crippen LogP contribution in [0.3, 0.4) is 0 Å². The fourth-order valence-corrected chi connectivity index (χ4v) is 1.87. The molecular weight excluding hydrogens is 315 g/mol. The van der Waals surface area contributed by atoms with E-state index in [1.807, 2.05) is 20.1 Å². The number of hydrogen-bond acceptors (Lipinski definition) is 3. The zero-order valence-corrected chi connectivity index (χ0v) is 13.8. The number of hydrogen-bond donors (Lipinski definition) is 3. The second-order valence-electron chi connectivity index (χ2n) is 5.20. The highest BCUT2D eigenvalue weighted by Crippen LogP contribution is 2.21. The number of nitrogens with one attached hydrogen (secondary N) is 2. The molecule has 0 spiro atoms. The molecule has 0 bridgehead atoms. The monoisotopic (exact) mass is 334 g/mol. The Kier molecular flexibility index (Phi) is 6.77. The standard InChI is InChI=1S/C14H20ClFN2O2S/c1-14(2,21-3)8-17-13(20)18-12(7-19)9-4-5-10(15)11(16)6-9/h4-6,12,19H,7-8H2,1-3H3,(H2,17,18,20). The Balaban J connectivity index is 2.65. The average molecular weight is 335 g/mol. The molecule has 4 nitrogen and oxygen atoms in total. The fourth-order valence-electron chi connectivity index (χ4n) is 1.54. The topological polar surface area (TPSA) is 61.4 Å². The molecule has 0 fully saturated rings. The van der Waals surface area contributed by atoms with E-state index in [1.165, 1.54) is 12.1 Å². The minimum Gasteiger partial charge on any atom is -0.394 e. The summed E-state index contributed by atoms with van der Waals surface area (Å²) in [6, 6.07) is 3.07. The van der Waals surface area contributed by atoms with Crippen LogP contribution in [-0.2, 0) is 0 Å². The first-order valence-electron chi connectivity index (χ1n) is 6.44. The molecule has 0 aliphatic heterocycles. The average Bonchev–Trinajstić information content (AvgIpc) is 2.46. The molecule has 0 saturated carbocycles. The van der Waals surface area contributed by atoms with E-state index < -0.39 is 17.9 Å². The Morgan fingerprint density at radius 2 is 2.19 bits per heavy atom. The van der Waals surface area contributed by atoms with E-state index >= 15 is 0 Å². The maximum atomic E-state index is 13.4. The quantitative estimate of drug-likeness (QED) is 0.749. The van der Waals surface area contributed by atoms with Gasteiger partial charge in [-0.3, -0.25) is 0 Å². The third kappa shape index (κ3) is 5.73. The number of aliphatic hydroxyl groups is 1. The van der Waals surface area contributed by atoms with Crippen molar-refractivity contribution in [3.63, 3.8) is 0 Å². The maximum absolute atomic E-state index is 13.4. The van der Waals surface area contributed by atoms with E-state index in [2.05, 4.69) is 10.6 Å². The van der Waals surface area contributed by atoms with E-state index in [4.69, 9.17) is 11.6 Å². The third-order valence-electron chi connectivity index (χ3n) is 3.06. The number of urea groups is 1. The van der Waals surface area contributed by atoms with Crippen molar-refractivity contribution in [2.45, 2.75) is 24.6 Å². The van der Waals surface area contributed by atoms with Gasteiger partial charge in [0.05, 0.1) is 17.7 Å². The number of carbonyl (C=O) groups is 1.